The van der Waals surface area contributed by atoms with Crippen LogP contribution in [0.3, 0.4) is 0 Å². The second-order valence-corrected chi connectivity index (χ2v) is 7.64. The summed E-state index contributed by atoms with van der Waals surface area (Å²) in [6, 6.07) is 6.55. The highest BCUT2D eigenvalue weighted by Gasteiger charge is 2.32. The Labute approximate surface area is 165 Å². The molecule has 4 rings (SSSR count). The molecule has 0 aliphatic carbocycles. The van der Waals surface area contributed by atoms with Gasteiger partial charge in [-0.05, 0) is 36.9 Å². The van der Waals surface area contributed by atoms with Gasteiger partial charge >= 0.3 is 6.18 Å². The van der Waals surface area contributed by atoms with E-state index in [1.165, 1.54) is 6.20 Å². The van der Waals surface area contributed by atoms with E-state index in [0.29, 0.717) is 5.02 Å². The van der Waals surface area contributed by atoms with Gasteiger partial charge < -0.3 is 14.6 Å². The molecule has 3 aromatic rings. The van der Waals surface area contributed by atoms with E-state index in [9.17, 15) is 18.3 Å². The second-order valence-electron chi connectivity index (χ2n) is 7.21. The third-order valence-corrected chi connectivity index (χ3v) is 5.47. The van der Waals surface area contributed by atoms with E-state index in [1.807, 2.05) is 23.7 Å². The average molecular weight is 410 g/mol. The summed E-state index contributed by atoms with van der Waals surface area (Å²) in [7, 11) is 2.04. The molecule has 0 spiro atoms. The molecular weight excluding hydrogens is 391 g/mol. The molecule has 1 aliphatic heterocycles. The van der Waals surface area contributed by atoms with Gasteiger partial charge in [0.1, 0.15) is 0 Å². The number of hydrogen-bond acceptors (Lipinski definition) is 3. The van der Waals surface area contributed by atoms with Gasteiger partial charge in [0.2, 0.25) is 0 Å². The van der Waals surface area contributed by atoms with Crippen LogP contribution in [-0.4, -0.2) is 33.1 Å². The van der Waals surface area contributed by atoms with Crippen LogP contribution in [-0.2, 0) is 25.7 Å². The minimum Gasteiger partial charge on any atom is -0.386 e. The molecular formula is C20H19ClF3N3O. The number of nitrogens with zero attached hydrogens (tertiary/aromatic N) is 3. The first-order chi connectivity index (χ1) is 13.2. The fourth-order valence-electron chi connectivity index (χ4n) is 3.84. The zero-order valence-corrected chi connectivity index (χ0v) is 15.9. The Morgan fingerprint density at radius 2 is 2.04 bits per heavy atom. The SMILES string of the molecule is CN1CCc2c(c3cc(Cl)ccc3n2CC(O)c2cncc(C(F)(F)F)c2)C1. The van der Waals surface area contributed by atoms with E-state index in [0.717, 1.165) is 53.9 Å². The molecule has 1 aromatic carbocycles. The number of rotatable bonds is 3. The summed E-state index contributed by atoms with van der Waals surface area (Å²) in [6.45, 7) is 1.79. The molecule has 0 saturated carbocycles. The van der Waals surface area contributed by atoms with E-state index in [1.54, 1.807) is 6.07 Å². The van der Waals surface area contributed by atoms with E-state index in [2.05, 4.69) is 9.88 Å². The van der Waals surface area contributed by atoms with E-state index >= 15 is 0 Å². The normalized spacial score (nSPS) is 16.4. The van der Waals surface area contributed by atoms with Crippen LogP contribution in [0, 0.1) is 0 Å². The number of fused-ring (bicyclic) bond motifs is 3. The molecule has 0 amide bonds. The third kappa shape index (κ3) is 3.50. The van der Waals surface area contributed by atoms with E-state index < -0.39 is 17.8 Å². The highest BCUT2D eigenvalue weighted by atomic mass is 35.5. The minimum atomic E-state index is -4.50. The van der Waals surface area contributed by atoms with E-state index in [4.69, 9.17) is 11.6 Å². The number of hydrogen-bond donors (Lipinski definition) is 1. The van der Waals surface area contributed by atoms with Gasteiger partial charge in [0.15, 0.2) is 0 Å². The molecule has 0 saturated heterocycles. The van der Waals surface area contributed by atoms with Crippen molar-refractivity contribution in [1.82, 2.24) is 14.5 Å². The van der Waals surface area contributed by atoms with Gasteiger partial charge in [-0.25, -0.2) is 0 Å². The predicted octanol–water partition coefficient (Wildman–Crippen LogP) is 4.43. The minimum absolute atomic E-state index is 0.146. The molecule has 1 atom stereocenters. The topological polar surface area (TPSA) is 41.3 Å². The maximum atomic E-state index is 13.0. The van der Waals surface area contributed by atoms with Gasteiger partial charge in [0, 0.05) is 59.1 Å². The Bertz CT molecular complexity index is 1030. The van der Waals surface area contributed by atoms with Crippen molar-refractivity contribution in [3.05, 3.63) is 64.1 Å². The fourth-order valence-corrected chi connectivity index (χ4v) is 4.01. The predicted molar refractivity (Wildman–Crippen MR) is 101 cm³/mol. The van der Waals surface area contributed by atoms with E-state index in [-0.39, 0.29) is 12.1 Å². The van der Waals surface area contributed by atoms with Gasteiger partial charge in [0.25, 0.3) is 0 Å². The van der Waals surface area contributed by atoms with Crippen molar-refractivity contribution in [3.63, 3.8) is 0 Å². The summed E-state index contributed by atoms with van der Waals surface area (Å²) in [5.41, 5.74) is 2.45. The van der Waals surface area contributed by atoms with Crippen LogP contribution in [0.5, 0.6) is 0 Å². The van der Waals surface area contributed by atoms with Gasteiger partial charge in [-0.3, -0.25) is 4.98 Å². The van der Waals surface area contributed by atoms with Crippen molar-refractivity contribution in [3.8, 4) is 0 Å². The zero-order chi connectivity index (χ0) is 20.1. The summed E-state index contributed by atoms with van der Waals surface area (Å²) >= 11 is 6.18. The number of aliphatic hydroxyl groups excluding tert-OH is 1. The fraction of sp³-hybridized carbons (Fsp3) is 0.350. The summed E-state index contributed by atoms with van der Waals surface area (Å²) < 4.78 is 40.9. The molecule has 3 heterocycles. The van der Waals surface area contributed by atoms with Crippen molar-refractivity contribution in [2.45, 2.75) is 31.8 Å². The standard InChI is InChI=1S/C20H19ClF3N3O/c1-26-5-4-18-16(10-26)15-7-14(21)2-3-17(15)27(18)11-19(28)12-6-13(9-25-8-12)20(22,23)24/h2-3,6-9,19,28H,4-5,10-11H2,1H3. The number of aliphatic hydroxyl groups is 1. The molecule has 4 nitrogen and oxygen atoms in total. The Balaban J connectivity index is 1.74. The Morgan fingerprint density at radius 3 is 2.79 bits per heavy atom. The van der Waals surface area contributed by atoms with Gasteiger partial charge in [-0.1, -0.05) is 11.6 Å². The Hall–Kier alpha value is -2.09. The molecule has 8 heteroatoms. The molecule has 2 aromatic heterocycles. The van der Waals surface area contributed by atoms with Crippen molar-refractivity contribution in [1.29, 1.82) is 0 Å². The third-order valence-electron chi connectivity index (χ3n) is 5.23. The quantitative estimate of drug-likeness (QED) is 0.695. The maximum Gasteiger partial charge on any atom is 0.417 e. The average Bonchev–Trinajstić information content (AvgIpc) is 2.93. The lowest BCUT2D eigenvalue weighted by molar-refractivity contribution is -0.137. The number of alkyl halides is 3. The Morgan fingerprint density at radius 1 is 1.25 bits per heavy atom. The van der Waals surface area contributed by atoms with Crippen molar-refractivity contribution in [2.75, 3.05) is 13.6 Å². The molecule has 148 valence electrons. The summed E-state index contributed by atoms with van der Waals surface area (Å²) in [5.74, 6) is 0. The van der Waals surface area contributed by atoms with Crippen LogP contribution in [0.1, 0.15) is 28.5 Å². The molecule has 0 fully saturated rings. The maximum absolute atomic E-state index is 13.0. The van der Waals surface area contributed by atoms with Crippen LogP contribution in [0.15, 0.2) is 36.7 Å². The van der Waals surface area contributed by atoms with Crippen LogP contribution < -0.4 is 0 Å². The lowest BCUT2D eigenvalue weighted by atomic mass is 10.0. The highest BCUT2D eigenvalue weighted by Crippen LogP contribution is 2.34. The first-order valence-corrected chi connectivity index (χ1v) is 9.30. The first kappa shape index (κ1) is 19.2. The number of likely N-dealkylation sites (N-methyl/N-ethyl adjacent to an activating group) is 1. The van der Waals surface area contributed by atoms with Crippen molar-refractivity contribution in [2.24, 2.45) is 0 Å². The molecule has 1 N–H and O–H groups in total. The largest absolute Gasteiger partial charge is 0.417 e. The summed E-state index contributed by atoms with van der Waals surface area (Å²) in [6.07, 6.45) is -2.76. The number of aromatic nitrogens is 2. The Kier molecular flexibility index (Phi) is 4.85. The zero-order valence-electron chi connectivity index (χ0n) is 15.2. The lowest BCUT2D eigenvalue weighted by Gasteiger charge is -2.25. The number of pyridine rings is 1. The number of halogens is 4. The first-order valence-electron chi connectivity index (χ1n) is 8.92. The molecule has 1 aliphatic rings. The molecule has 28 heavy (non-hydrogen) atoms. The van der Waals surface area contributed by atoms with Gasteiger partial charge in [-0.2, -0.15) is 13.2 Å². The molecule has 1 unspecified atom stereocenters. The smallest absolute Gasteiger partial charge is 0.386 e. The highest BCUT2D eigenvalue weighted by molar-refractivity contribution is 6.31. The lowest BCUT2D eigenvalue weighted by Crippen LogP contribution is -2.27. The monoisotopic (exact) mass is 409 g/mol. The van der Waals surface area contributed by atoms with Crippen LogP contribution >= 0.6 is 11.6 Å². The van der Waals surface area contributed by atoms with Gasteiger partial charge in [-0.15, -0.1) is 0 Å². The molecule has 0 bridgehead atoms. The summed E-state index contributed by atoms with van der Waals surface area (Å²) in [4.78, 5) is 5.87. The van der Waals surface area contributed by atoms with Crippen LogP contribution in [0.2, 0.25) is 5.02 Å². The van der Waals surface area contributed by atoms with Crippen molar-refractivity contribution < 1.29 is 18.3 Å². The van der Waals surface area contributed by atoms with Crippen molar-refractivity contribution >= 4 is 22.5 Å². The second kappa shape index (κ2) is 7.06. The van der Waals surface area contributed by atoms with Crippen LogP contribution in [0.25, 0.3) is 10.9 Å². The van der Waals surface area contributed by atoms with Gasteiger partial charge in [0.05, 0.1) is 18.2 Å². The molecule has 0 radical (unpaired) electrons. The van der Waals surface area contributed by atoms with Crippen LogP contribution in [0.4, 0.5) is 13.2 Å². The summed E-state index contributed by atoms with van der Waals surface area (Å²) in [5, 5.41) is 12.3. The number of benzene rings is 1.